The number of fused-ring (bicyclic) bond motifs is 1. The molecule has 31 heavy (non-hydrogen) atoms. The molecule has 4 rings (SSSR count). The zero-order valence-corrected chi connectivity index (χ0v) is 16.8. The summed E-state index contributed by atoms with van der Waals surface area (Å²) in [6.45, 7) is -0.0747. The Morgan fingerprint density at radius 1 is 1.23 bits per heavy atom. The molecular weight excluding hydrogens is 402 g/mol. The molecule has 158 valence electrons. The van der Waals surface area contributed by atoms with Crippen molar-refractivity contribution in [3.8, 4) is 23.0 Å². The van der Waals surface area contributed by atoms with Gasteiger partial charge in [0.15, 0.2) is 17.3 Å². The summed E-state index contributed by atoms with van der Waals surface area (Å²) >= 11 is 0. The van der Waals surface area contributed by atoms with Crippen LogP contribution in [0.1, 0.15) is 5.56 Å². The lowest BCUT2D eigenvalue weighted by Gasteiger charge is -2.08. The van der Waals surface area contributed by atoms with Gasteiger partial charge in [0.25, 0.3) is 5.91 Å². The van der Waals surface area contributed by atoms with E-state index in [9.17, 15) is 4.79 Å². The van der Waals surface area contributed by atoms with Crippen LogP contribution in [0.5, 0.6) is 11.5 Å². The van der Waals surface area contributed by atoms with Crippen molar-refractivity contribution < 1.29 is 18.9 Å². The molecule has 0 aliphatic heterocycles. The number of para-hydroxylation sites is 2. The van der Waals surface area contributed by atoms with Crippen molar-refractivity contribution in [3.05, 3.63) is 48.0 Å². The minimum Gasteiger partial charge on any atom is -0.497 e. The summed E-state index contributed by atoms with van der Waals surface area (Å²) in [4.78, 5) is 17.1. The van der Waals surface area contributed by atoms with Crippen LogP contribution in [0.3, 0.4) is 0 Å². The molecule has 0 saturated heterocycles. The standard InChI is InChI=1S/C20H19N7O4/c1-29-13-7-8-16(30-2)12(9-13)10-22-24-17(28)11-27-15-6-4-3-5-14(15)23-20(27)18-19(21)26-31-25-18/h3-10H,11H2,1-2H3,(H2,21,26)(H,24,28)/b22-10-. The summed E-state index contributed by atoms with van der Waals surface area (Å²) in [7, 11) is 3.11. The first-order valence-electron chi connectivity index (χ1n) is 9.18. The Morgan fingerprint density at radius 3 is 2.81 bits per heavy atom. The molecule has 1 amide bonds. The van der Waals surface area contributed by atoms with Crippen molar-refractivity contribution >= 4 is 29.0 Å². The van der Waals surface area contributed by atoms with E-state index in [1.807, 2.05) is 24.3 Å². The van der Waals surface area contributed by atoms with E-state index in [1.165, 1.54) is 6.21 Å². The molecule has 2 aromatic carbocycles. The molecule has 11 heteroatoms. The van der Waals surface area contributed by atoms with Gasteiger partial charge in [-0.05, 0) is 40.6 Å². The topological polar surface area (TPSA) is 143 Å². The molecule has 4 aromatic rings. The molecule has 11 nitrogen and oxygen atoms in total. The van der Waals surface area contributed by atoms with E-state index >= 15 is 0 Å². The van der Waals surface area contributed by atoms with Gasteiger partial charge in [-0.15, -0.1) is 0 Å². The first kappa shape index (κ1) is 19.9. The fraction of sp³-hybridized carbons (Fsp3) is 0.150. The average molecular weight is 421 g/mol. The Hall–Kier alpha value is -4.41. The number of methoxy groups -OCH3 is 2. The van der Waals surface area contributed by atoms with E-state index in [4.69, 9.17) is 15.2 Å². The minimum absolute atomic E-state index is 0.0747. The maximum absolute atomic E-state index is 12.6. The van der Waals surface area contributed by atoms with Gasteiger partial charge >= 0.3 is 0 Å². The fourth-order valence-corrected chi connectivity index (χ4v) is 3.06. The third-order valence-corrected chi connectivity index (χ3v) is 4.51. The first-order chi connectivity index (χ1) is 15.1. The maximum Gasteiger partial charge on any atom is 0.260 e. The Morgan fingerprint density at radius 2 is 2.06 bits per heavy atom. The number of nitrogens with two attached hydrogens (primary N) is 1. The second-order valence-electron chi connectivity index (χ2n) is 6.41. The lowest BCUT2D eigenvalue weighted by atomic mass is 10.2. The van der Waals surface area contributed by atoms with Crippen molar-refractivity contribution in [2.24, 2.45) is 5.10 Å². The molecule has 0 atom stereocenters. The summed E-state index contributed by atoms with van der Waals surface area (Å²) in [5, 5.41) is 11.4. The van der Waals surface area contributed by atoms with Crippen molar-refractivity contribution in [3.63, 3.8) is 0 Å². The molecule has 3 N–H and O–H groups in total. The molecule has 0 fully saturated rings. The lowest BCUT2D eigenvalue weighted by Crippen LogP contribution is -2.23. The Kier molecular flexibility index (Phi) is 5.47. The highest BCUT2D eigenvalue weighted by atomic mass is 16.6. The van der Waals surface area contributed by atoms with Crippen LogP contribution in [-0.2, 0) is 11.3 Å². The summed E-state index contributed by atoms with van der Waals surface area (Å²) in [5.74, 6) is 1.31. The minimum atomic E-state index is -0.377. The van der Waals surface area contributed by atoms with Crippen LogP contribution in [0.2, 0.25) is 0 Å². The third-order valence-electron chi connectivity index (χ3n) is 4.51. The Balaban J connectivity index is 1.57. The fourth-order valence-electron chi connectivity index (χ4n) is 3.06. The highest BCUT2D eigenvalue weighted by Crippen LogP contribution is 2.26. The second kappa shape index (κ2) is 8.53. The molecule has 0 bridgehead atoms. The molecular formula is C20H19N7O4. The predicted octanol–water partition coefficient (Wildman–Crippen LogP) is 1.84. The van der Waals surface area contributed by atoms with Gasteiger partial charge in [0.05, 0.1) is 31.5 Å². The van der Waals surface area contributed by atoms with E-state index in [2.05, 4.69) is 30.5 Å². The molecule has 2 heterocycles. The highest BCUT2D eigenvalue weighted by Gasteiger charge is 2.20. The largest absolute Gasteiger partial charge is 0.497 e. The van der Waals surface area contributed by atoms with E-state index < -0.39 is 0 Å². The van der Waals surface area contributed by atoms with Gasteiger partial charge in [-0.25, -0.2) is 15.0 Å². The number of nitrogens with one attached hydrogen (secondary N) is 1. The molecule has 0 saturated carbocycles. The number of imidazole rings is 1. The summed E-state index contributed by atoms with van der Waals surface area (Å²) < 4.78 is 16.9. The molecule has 0 aliphatic rings. The van der Waals surface area contributed by atoms with Gasteiger partial charge in [0.1, 0.15) is 18.0 Å². The van der Waals surface area contributed by atoms with Gasteiger partial charge in [0, 0.05) is 5.56 Å². The van der Waals surface area contributed by atoms with Gasteiger partial charge in [-0.1, -0.05) is 12.1 Å². The SMILES string of the molecule is COc1ccc(OC)c(/C=N\NC(=O)Cn2c(-c3nonc3N)nc3ccccc32)c1. The van der Waals surface area contributed by atoms with E-state index in [0.29, 0.717) is 28.4 Å². The predicted molar refractivity (Wildman–Crippen MR) is 113 cm³/mol. The van der Waals surface area contributed by atoms with Crippen molar-refractivity contribution in [1.82, 2.24) is 25.3 Å². The third kappa shape index (κ3) is 4.01. The summed E-state index contributed by atoms with van der Waals surface area (Å²) in [6, 6.07) is 12.6. The van der Waals surface area contributed by atoms with Gasteiger partial charge in [0.2, 0.25) is 0 Å². The van der Waals surface area contributed by atoms with Crippen molar-refractivity contribution in [2.45, 2.75) is 6.54 Å². The molecule has 0 spiro atoms. The van der Waals surface area contributed by atoms with Crippen LogP contribution in [-0.4, -0.2) is 46.2 Å². The number of nitrogen functional groups attached to an aromatic ring is 1. The maximum atomic E-state index is 12.6. The number of ether oxygens (including phenoxy) is 2. The summed E-state index contributed by atoms with van der Waals surface area (Å²) in [6.07, 6.45) is 1.48. The van der Waals surface area contributed by atoms with Crippen molar-refractivity contribution in [2.75, 3.05) is 20.0 Å². The zero-order valence-electron chi connectivity index (χ0n) is 16.8. The number of hydrogen-bond donors (Lipinski definition) is 2. The number of carbonyl (C=O) groups is 1. The summed E-state index contributed by atoms with van der Waals surface area (Å²) in [5.41, 5.74) is 10.6. The average Bonchev–Trinajstić information content (AvgIpc) is 3.37. The Labute approximate surface area is 176 Å². The van der Waals surface area contributed by atoms with Crippen LogP contribution in [0, 0.1) is 0 Å². The number of hydrazone groups is 1. The van der Waals surface area contributed by atoms with E-state index in [0.717, 1.165) is 5.52 Å². The lowest BCUT2D eigenvalue weighted by molar-refractivity contribution is -0.121. The number of rotatable bonds is 7. The van der Waals surface area contributed by atoms with Gasteiger partial charge in [-0.3, -0.25) is 4.79 Å². The van der Waals surface area contributed by atoms with E-state index in [1.54, 1.807) is 37.0 Å². The van der Waals surface area contributed by atoms with Crippen LogP contribution >= 0.6 is 0 Å². The normalized spacial score (nSPS) is 11.2. The quantitative estimate of drug-likeness (QED) is 0.340. The number of amides is 1. The number of benzene rings is 2. The number of nitrogens with zero attached hydrogens (tertiary/aromatic N) is 5. The van der Waals surface area contributed by atoms with Gasteiger partial charge in [-0.2, -0.15) is 5.10 Å². The van der Waals surface area contributed by atoms with E-state index in [-0.39, 0.29) is 24.0 Å². The van der Waals surface area contributed by atoms with Gasteiger partial charge < -0.3 is 19.8 Å². The van der Waals surface area contributed by atoms with Crippen LogP contribution < -0.4 is 20.6 Å². The zero-order chi connectivity index (χ0) is 21.8. The number of hydrogen-bond acceptors (Lipinski definition) is 9. The second-order valence-corrected chi connectivity index (χ2v) is 6.41. The number of carbonyl (C=O) groups excluding carboxylic acids is 1. The molecule has 0 radical (unpaired) electrons. The highest BCUT2D eigenvalue weighted by molar-refractivity contribution is 5.87. The van der Waals surface area contributed by atoms with Crippen LogP contribution in [0.15, 0.2) is 52.2 Å². The van der Waals surface area contributed by atoms with Crippen LogP contribution in [0.4, 0.5) is 5.82 Å². The van der Waals surface area contributed by atoms with Crippen LogP contribution in [0.25, 0.3) is 22.6 Å². The number of aromatic nitrogens is 4. The first-order valence-corrected chi connectivity index (χ1v) is 9.18. The molecule has 0 aliphatic carbocycles. The Bertz CT molecular complexity index is 1260. The molecule has 2 aromatic heterocycles. The molecule has 0 unspecified atom stereocenters. The smallest absolute Gasteiger partial charge is 0.260 e. The monoisotopic (exact) mass is 421 g/mol. The van der Waals surface area contributed by atoms with Crippen molar-refractivity contribution in [1.29, 1.82) is 0 Å². The number of anilines is 1.